The van der Waals surface area contributed by atoms with Crippen LogP contribution in [0.25, 0.3) is 0 Å². The van der Waals surface area contributed by atoms with Crippen molar-refractivity contribution in [2.24, 2.45) is 0 Å². The van der Waals surface area contributed by atoms with E-state index >= 15 is 0 Å². The number of nitrogens with one attached hydrogen (secondary N) is 2. The molecule has 2 heterocycles. The standard InChI is InChI=1S/C17H21N3O3S/c1-13-4-6-16(7-5-13)24(22,23)20-10-8-14(12-20)17(21)19-15-3-2-9-18-11-15/h4-8,10,12,15,18H,2-3,9,11H2,1H3,(H,19,21)/t15-/m0/s1. The number of aromatic nitrogens is 1. The first-order valence-corrected chi connectivity index (χ1v) is 9.42. The Bertz CT molecular complexity index is 819. The van der Waals surface area contributed by atoms with Crippen molar-refractivity contribution in [2.45, 2.75) is 30.7 Å². The first-order chi connectivity index (χ1) is 11.5. The van der Waals surface area contributed by atoms with Gasteiger partial charge in [0, 0.05) is 25.0 Å². The molecular formula is C17H21N3O3S. The van der Waals surface area contributed by atoms with E-state index in [0.29, 0.717) is 5.56 Å². The quantitative estimate of drug-likeness (QED) is 0.879. The molecule has 6 nitrogen and oxygen atoms in total. The Hall–Kier alpha value is -2.12. The number of amides is 1. The zero-order chi connectivity index (χ0) is 17.2. The van der Waals surface area contributed by atoms with Crippen molar-refractivity contribution in [3.63, 3.8) is 0 Å². The van der Waals surface area contributed by atoms with Gasteiger partial charge in [-0.15, -0.1) is 0 Å². The third-order valence-electron chi connectivity index (χ3n) is 4.16. The van der Waals surface area contributed by atoms with Crippen LogP contribution in [-0.4, -0.2) is 37.4 Å². The monoisotopic (exact) mass is 347 g/mol. The van der Waals surface area contributed by atoms with Crippen LogP contribution in [0.4, 0.5) is 0 Å². The Kier molecular flexibility index (Phi) is 4.73. The maximum atomic E-state index is 12.6. The molecule has 1 aromatic carbocycles. The largest absolute Gasteiger partial charge is 0.348 e. The second-order valence-electron chi connectivity index (χ2n) is 6.06. The van der Waals surface area contributed by atoms with Crippen molar-refractivity contribution in [3.05, 3.63) is 53.9 Å². The first kappa shape index (κ1) is 16.7. The lowest BCUT2D eigenvalue weighted by molar-refractivity contribution is 0.0931. The van der Waals surface area contributed by atoms with Crippen molar-refractivity contribution in [1.82, 2.24) is 14.6 Å². The molecule has 1 aliphatic heterocycles. The third-order valence-corrected chi connectivity index (χ3v) is 5.81. The number of nitrogens with zero attached hydrogens (tertiary/aromatic N) is 1. The second kappa shape index (κ2) is 6.78. The molecule has 0 saturated carbocycles. The SMILES string of the molecule is Cc1ccc(S(=O)(=O)n2ccc(C(=O)N[C@H]3CCCNC3)c2)cc1. The minimum absolute atomic E-state index is 0.0864. The van der Waals surface area contributed by atoms with Crippen molar-refractivity contribution in [2.75, 3.05) is 13.1 Å². The number of hydrogen-bond acceptors (Lipinski definition) is 4. The Labute approximate surface area is 141 Å². The van der Waals surface area contributed by atoms with E-state index in [9.17, 15) is 13.2 Å². The number of carbonyl (C=O) groups excluding carboxylic acids is 1. The minimum atomic E-state index is -3.68. The molecule has 1 amide bonds. The fourth-order valence-corrected chi connectivity index (χ4v) is 3.93. The summed E-state index contributed by atoms with van der Waals surface area (Å²) in [7, 11) is -3.68. The minimum Gasteiger partial charge on any atom is -0.348 e. The molecule has 0 aliphatic carbocycles. The number of aryl methyl sites for hydroxylation is 1. The predicted molar refractivity (Wildman–Crippen MR) is 91.6 cm³/mol. The van der Waals surface area contributed by atoms with Gasteiger partial charge in [0.2, 0.25) is 0 Å². The highest BCUT2D eigenvalue weighted by Gasteiger charge is 2.20. The maximum absolute atomic E-state index is 12.6. The number of rotatable bonds is 4. The molecular weight excluding hydrogens is 326 g/mol. The highest BCUT2D eigenvalue weighted by Crippen LogP contribution is 2.16. The zero-order valence-corrected chi connectivity index (χ0v) is 14.3. The van der Waals surface area contributed by atoms with E-state index in [2.05, 4.69) is 10.6 Å². The van der Waals surface area contributed by atoms with Crippen molar-refractivity contribution in [1.29, 1.82) is 0 Å². The van der Waals surface area contributed by atoms with Crippen LogP contribution in [0.15, 0.2) is 47.6 Å². The number of piperidine rings is 1. The predicted octanol–water partition coefficient (Wildman–Crippen LogP) is 1.52. The van der Waals surface area contributed by atoms with Crippen LogP contribution in [0.1, 0.15) is 28.8 Å². The molecule has 2 N–H and O–H groups in total. The first-order valence-electron chi connectivity index (χ1n) is 7.98. The van der Waals surface area contributed by atoms with E-state index in [1.807, 2.05) is 6.92 Å². The number of carbonyl (C=O) groups is 1. The summed E-state index contributed by atoms with van der Waals surface area (Å²) in [5.41, 5.74) is 1.33. The summed E-state index contributed by atoms with van der Waals surface area (Å²) >= 11 is 0. The van der Waals surface area contributed by atoms with Crippen LogP contribution in [0.2, 0.25) is 0 Å². The lowest BCUT2D eigenvalue weighted by atomic mass is 10.1. The van der Waals surface area contributed by atoms with Crippen LogP contribution in [0, 0.1) is 6.92 Å². The summed E-state index contributed by atoms with van der Waals surface area (Å²) in [5.74, 6) is -0.249. The summed E-state index contributed by atoms with van der Waals surface area (Å²) < 4.78 is 26.3. The van der Waals surface area contributed by atoms with Gasteiger partial charge in [-0.25, -0.2) is 12.4 Å². The smallest absolute Gasteiger partial charge is 0.267 e. The Morgan fingerprint density at radius 2 is 2.00 bits per heavy atom. The van der Waals surface area contributed by atoms with Gasteiger partial charge in [0.1, 0.15) is 0 Å². The summed E-state index contributed by atoms with van der Waals surface area (Å²) in [6.45, 7) is 3.61. The Morgan fingerprint density at radius 1 is 1.25 bits per heavy atom. The number of hydrogen-bond donors (Lipinski definition) is 2. The normalized spacial score (nSPS) is 18.3. The molecule has 3 rings (SSSR count). The fourth-order valence-electron chi connectivity index (χ4n) is 2.74. The molecule has 1 atom stereocenters. The van der Waals surface area contributed by atoms with Gasteiger partial charge in [0.25, 0.3) is 15.9 Å². The third kappa shape index (κ3) is 3.52. The van der Waals surface area contributed by atoms with Crippen molar-refractivity contribution >= 4 is 15.9 Å². The van der Waals surface area contributed by atoms with E-state index < -0.39 is 10.0 Å². The highest BCUT2D eigenvalue weighted by molar-refractivity contribution is 7.90. The van der Waals surface area contributed by atoms with Gasteiger partial charge in [-0.05, 0) is 44.5 Å². The molecule has 24 heavy (non-hydrogen) atoms. The van der Waals surface area contributed by atoms with Crippen LogP contribution < -0.4 is 10.6 Å². The highest BCUT2D eigenvalue weighted by atomic mass is 32.2. The molecule has 0 spiro atoms. The van der Waals surface area contributed by atoms with Gasteiger partial charge >= 0.3 is 0 Å². The van der Waals surface area contributed by atoms with Crippen molar-refractivity contribution < 1.29 is 13.2 Å². The summed E-state index contributed by atoms with van der Waals surface area (Å²) in [4.78, 5) is 12.5. The molecule has 0 radical (unpaired) electrons. The fraction of sp³-hybridized carbons (Fsp3) is 0.353. The van der Waals surface area contributed by atoms with Crippen LogP contribution in [-0.2, 0) is 10.0 Å². The molecule has 1 fully saturated rings. The van der Waals surface area contributed by atoms with E-state index in [4.69, 9.17) is 0 Å². The van der Waals surface area contributed by atoms with E-state index in [-0.39, 0.29) is 16.8 Å². The molecule has 7 heteroatoms. The van der Waals surface area contributed by atoms with Crippen LogP contribution >= 0.6 is 0 Å². The summed E-state index contributed by atoms with van der Waals surface area (Å²) in [5, 5.41) is 6.17. The van der Waals surface area contributed by atoms with Crippen LogP contribution in [0.5, 0.6) is 0 Å². The van der Waals surface area contributed by atoms with E-state index in [1.54, 1.807) is 24.3 Å². The molecule has 128 valence electrons. The van der Waals surface area contributed by atoms with Crippen LogP contribution in [0.3, 0.4) is 0 Å². The van der Waals surface area contributed by atoms with E-state index in [0.717, 1.165) is 35.5 Å². The lowest BCUT2D eigenvalue weighted by Crippen LogP contribution is -2.45. The molecule has 0 unspecified atom stereocenters. The Balaban J connectivity index is 1.76. The van der Waals surface area contributed by atoms with Gasteiger partial charge in [0.05, 0.1) is 10.5 Å². The van der Waals surface area contributed by atoms with Crippen molar-refractivity contribution in [3.8, 4) is 0 Å². The van der Waals surface area contributed by atoms with Gasteiger partial charge < -0.3 is 10.6 Å². The zero-order valence-electron chi connectivity index (χ0n) is 13.5. The van der Waals surface area contributed by atoms with Gasteiger partial charge in [0.15, 0.2) is 0 Å². The summed E-state index contributed by atoms with van der Waals surface area (Å²) in [6, 6.07) is 8.25. The second-order valence-corrected chi connectivity index (χ2v) is 7.91. The van der Waals surface area contributed by atoms with Gasteiger partial charge in [-0.1, -0.05) is 17.7 Å². The maximum Gasteiger partial charge on any atom is 0.267 e. The summed E-state index contributed by atoms with van der Waals surface area (Å²) in [6.07, 6.45) is 4.72. The average molecular weight is 347 g/mol. The average Bonchev–Trinajstić information content (AvgIpc) is 3.07. The number of benzene rings is 1. The molecule has 1 aliphatic rings. The Morgan fingerprint density at radius 3 is 2.67 bits per heavy atom. The van der Waals surface area contributed by atoms with Gasteiger partial charge in [-0.2, -0.15) is 0 Å². The molecule has 1 saturated heterocycles. The van der Waals surface area contributed by atoms with Gasteiger partial charge in [-0.3, -0.25) is 4.79 Å². The molecule has 1 aromatic heterocycles. The molecule has 2 aromatic rings. The topological polar surface area (TPSA) is 80.2 Å². The van der Waals surface area contributed by atoms with E-state index in [1.165, 1.54) is 18.5 Å². The molecule has 0 bridgehead atoms. The lowest BCUT2D eigenvalue weighted by Gasteiger charge is -2.23.